The van der Waals surface area contributed by atoms with Crippen LogP contribution in [0.5, 0.6) is 11.6 Å². The van der Waals surface area contributed by atoms with E-state index < -0.39 is 5.97 Å². The first-order chi connectivity index (χ1) is 7.56. The van der Waals surface area contributed by atoms with Crippen molar-refractivity contribution in [3.63, 3.8) is 0 Å². The smallest absolute Gasteiger partial charge is 0.337 e. The van der Waals surface area contributed by atoms with E-state index in [2.05, 4.69) is 4.74 Å². The maximum atomic E-state index is 11.3. The van der Waals surface area contributed by atoms with E-state index in [-0.39, 0.29) is 11.6 Å². The lowest BCUT2D eigenvalue weighted by molar-refractivity contribution is 0.0601. The first kappa shape index (κ1) is 10.4. The lowest BCUT2D eigenvalue weighted by Gasteiger charge is -2.00. The van der Waals surface area contributed by atoms with Gasteiger partial charge in [-0.05, 0) is 18.2 Å². The van der Waals surface area contributed by atoms with Crippen LogP contribution in [0, 0.1) is 0 Å². The summed E-state index contributed by atoms with van der Waals surface area (Å²) in [4.78, 5) is 11.3. The van der Waals surface area contributed by atoms with Crippen LogP contribution < -0.4 is 0 Å². The number of methoxy groups -OCH3 is 1. The molecule has 5 nitrogen and oxygen atoms in total. The summed E-state index contributed by atoms with van der Waals surface area (Å²) >= 11 is 0. The minimum absolute atomic E-state index is 0.186. The molecule has 0 fully saturated rings. The van der Waals surface area contributed by atoms with Crippen molar-refractivity contribution >= 4 is 16.9 Å². The third kappa shape index (κ3) is 1.29. The number of esters is 1. The van der Waals surface area contributed by atoms with Gasteiger partial charge in [0.05, 0.1) is 18.2 Å². The fourth-order valence-electron chi connectivity index (χ4n) is 1.65. The van der Waals surface area contributed by atoms with E-state index in [0.717, 1.165) is 0 Å². The van der Waals surface area contributed by atoms with Gasteiger partial charge in [-0.15, -0.1) is 0 Å². The maximum Gasteiger partial charge on any atom is 0.337 e. The highest BCUT2D eigenvalue weighted by atomic mass is 16.5. The Hall–Kier alpha value is -2.17. The van der Waals surface area contributed by atoms with Crippen LogP contribution in [0.1, 0.15) is 10.4 Å². The van der Waals surface area contributed by atoms with Gasteiger partial charge >= 0.3 is 5.97 Å². The number of carbonyl (C=O) groups excluding carboxylic acids is 1. The van der Waals surface area contributed by atoms with Gasteiger partial charge in [-0.3, -0.25) is 0 Å². The highest BCUT2D eigenvalue weighted by Gasteiger charge is 2.15. The molecule has 0 unspecified atom stereocenters. The molecule has 1 heterocycles. The Bertz CT molecular complexity index is 571. The number of benzene rings is 1. The van der Waals surface area contributed by atoms with Crippen molar-refractivity contribution in [1.29, 1.82) is 0 Å². The Morgan fingerprint density at radius 1 is 1.38 bits per heavy atom. The Balaban J connectivity index is 2.71. The predicted octanol–water partition coefficient (Wildman–Crippen LogP) is 1.38. The summed E-state index contributed by atoms with van der Waals surface area (Å²) in [5, 5.41) is 19.6. The fourth-order valence-corrected chi connectivity index (χ4v) is 1.65. The van der Waals surface area contributed by atoms with Crippen LogP contribution in [0.2, 0.25) is 0 Å². The van der Waals surface area contributed by atoms with Gasteiger partial charge in [-0.25, -0.2) is 4.79 Å². The molecule has 0 aliphatic carbocycles. The van der Waals surface area contributed by atoms with E-state index in [1.807, 2.05) is 0 Å². The van der Waals surface area contributed by atoms with Crippen molar-refractivity contribution in [2.75, 3.05) is 7.11 Å². The van der Waals surface area contributed by atoms with E-state index >= 15 is 0 Å². The van der Waals surface area contributed by atoms with Gasteiger partial charge in [0.15, 0.2) is 5.75 Å². The first-order valence-electron chi connectivity index (χ1n) is 4.65. The molecule has 0 atom stereocenters. The molecule has 2 rings (SSSR count). The molecule has 0 saturated carbocycles. The second-order valence-electron chi connectivity index (χ2n) is 3.45. The van der Waals surface area contributed by atoms with Crippen LogP contribution in [0.4, 0.5) is 0 Å². The third-order valence-electron chi connectivity index (χ3n) is 2.56. The second kappa shape index (κ2) is 3.44. The van der Waals surface area contributed by atoms with E-state index in [1.165, 1.54) is 17.7 Å². The summed E-state index contributed by atoms with van der Waals surface area (Å²) in [7, 11) is 2.89. The molecule has 2 aromatic rings. The SMILES string of the molecule is COC(=O)c1ccc2c(O)c(O)n(C)c2c1. The van der Waals surface area contributed by atoms with Crippen molar-refractivity contribution < 1.29 is 19.7 Å². The number of hydrogen-bond donors (Lipinski definition) is 2. The number of fused-ring (bicyclic) bond motifs is 1. The summed E-state index contributed by atoms with van der Waals surface area (Å²) < 4.78 is 5.99. The summed E-state index contributed by atoms with van der Waals surface area (Å²) in [6.07, 6.45) is 0. The molecule has 2 N–H and O–H groups in total. The highest BCUT2D eigenvalue weighted by Crippen LogP contribution is 2.36. The van der Waals surface area contributed by atoms with Gasteiger partial charge in [0.25, 0.3) is 0 Å². The number of nitrogens with zero attached hydrogens (tertiary/aromatic N) is 1. The van der Waals surface area contributed by atoms with E-state index in [0.29, 0.717) is 16.5 Å². The summed E-state index contributed by atoms with van der Waals surface area (Å²) in [5.74, 6) is -0.868. The lowest BCUT2D eigenvalue weighted by Crippen LogP contribution is -2.00. The minimum atomic E-state index is -0.456. The molecule has 0 bridgehead atoms. The number of carbonyl (C=O) groups is 1. The van der Waals surface area contributed by atoms with Crippen LogP contribution >= 0.6 is 0 Å². The Morgan fingerprint density at radius 2 is 2.06 bits per heavy atom. The van der Waals surface area contributed by atoms with Gasteiger partial charge in [-0.2, -0.15) is 0 Å². The standard InChI is InChI=1S/C11H11NO4/c1-12-8-5-6(11(15)16-2)3-4-7(8)9(13)10(12)14/h3-5,13-14H,1-2H3. The number of ether oxygens (including phenoxy) is 1. The molecule has 16 heavy (non-hydrogen) atoms. The zero-order valence-electron chi connectivity index (χ0n) is 8.89. The monoisotopic (exact) mass is 221 g/mol. The first-order valence-corrected chi connectivity index (χ1v) is 4.65. The van der Waals surface area contributed by atoms with Gasteiger partial charge in [0, 0.05) is 12.4 Å². The van der Waals surface area contributed by atoms with Gasteiger partial charge in [0.2, 0.25) is 5.88 Å². The van der Waals surface area contributed by atoms with E-state index in [1.54, 1.807) is 19.2 Å². The number of hydrogen-bond acceptors (Lipinski definition) is 4. The minimum Gasteiger partial charge on any atom is -0.503 e. The summed E-state index contributed by atoms with van der Waals surface area (Å²) in [5.41, 5.74) is 0.938. The van der Waals surface area contributed by atoms with Gasteiger partial charge < -0.3 is 19.5 Å². The van der Waals surface area contributed by atoms with Crippen LogP contribution in [0.15, 0.2) is 18.2 Å². The summed E-state index contributed by atoms with van der Waals surface area (Å²) in [6.45, 7) is 0. The number of aryl methyl sites for hydroxylation is 1. The molecule has 0 amide bonds. The normalized spacial score (nSPS) is 10.6. The molecule has 1 aromatic carbocycles. The van der Waals surface area contributed by atoms with Crippen molar-refractivity contribution in [1.82, 2.24) is 4.57 Å². The van der Waals surface area contributed by atoms with Crippen LogP contribution in [0.3, 0.4) is 0 Å². The van der Waals surface area contributed by atoms with E-state index in [4.69, 9.17) is 0 Å². The van der Waals surface area contributed by atoms with E-state index in [9.17, 15) is 15.0 Å². The van der Waals surface area contributed by atoms with Crippen molar-refractivity contribution in [3.8, 4) is 11.6 Å². The van der Waals surface area contributed by atoms with Crippen molar-refractivity contribution in [3.05, 3.63) is 23.8 Å². The van der Waals surface area contributed by atoms with Gasteiger partial charge in [0.1, 0.15) is 0 Å². The number of aromatic nitrogens is 1. The lowest BCUT2D eigenvalue weighted by atomic mass is 10.1. The second-order valence-corrected chi connectivity index (χ2v) is 3.45. The van der Waals surface area contributed by atoms with Crippen LogP contribution in [0.25, 0.3) is 10.9 Å². The van der Waals surface area contributed by atoms with Crippen LogP contribution in [-0.2, 0) is 11.8 Å². The predicted molar refractivity (Wildman–Crippen MR) is 57.6 cm³/mol. The highest BCUT2D eigenvalue weighted by molar-refractivity contribution is 5.97. The Morgan fingerprint density at radius 3 is 2.69 bits per heavy atom. The molecule has 1 aromatic heterocycles. The average molecular weight is 221 g/mol. The Kier molecular flexibility index (Phi) is 2.23. The molecule has 84 valence electrons. The molecular formula is C11H11NO4. The zero-order chi connectivity index (χ0) is 11.9. The molecule has 5 heteroatoms. The topological polar surface area (TPSA) is 71.7 Å². The summed E-state index contributed by atoms with van der Waals surface area (Å²) in [6, 6.07) is 4.66. The molecule has 0 radical (unpaired) electrons. The molecule has 0 aliphatic heterocycles. The Labute approximate surface area is 91.5 Å². The largest absolute Gasteiger partial charge is 0.503 e. The average Bonchev–Trinajstić information content (AvgIpc) is 2.53. The van der Waals surface area contributed by atoms with Crippen molar-refractivity contribution in [2.24, 2.45) is 7.05 Å². The number of rotatable bonds is 1. The molecular weight excluding hydrogens is 210 g/mol. The third-order valence-corrected chi connectivity index (χ3v) is 2.56. The molecule has 0 saturated heterocycles. The zero-order valence-corrected chi connectivity index (χ0v) is 8.89. The fraction of sp³-hybridized carbons (Fsp3) is 0.182. The number of aromatic hydroxyl groups is 2. The van der Waals surface area contributed by atoms with Crippen LogP contribution in [-0.4, -0.2) is 27.9 Å². The molecule has 0 spiro atoms. The van der Waals surface area contributed by atoms with Gasteiger partial charge in [-0.1, -0.05) is 0 Å². The maximum absolute atomic E-state index is 11.3. The van der Waals surface area contributed by atoms with Crippen molar-refractivity contribution in [2.45, 2.75) is 0 Å². The quantitative estimate of drug-likeness (QED) is 0.713. The molecule has 0 aliphatic rings.